The molecule has 18 heavy (non-hydrogen) atoms. The fraction of sp³-hybridized carbons (Fsp3) is 0.455. The summed E-state index contributed by atoms with van der Waals surface area (Å²) in [6.45, 7) is 0.194. The number of anilines is 1. The van der Waals surface area contributed by atoms with Crippen LogP contribution in [0.2, 0.25) is 0 Å². The molecule has 6 nitrogen and oxygen atoms in total. The SMILES string of the molecule is Nc1cc(S(=O)(=O)NCC2(CO)CC2)ccc1O. The summed E-state index contributed by atoms with van der Waals surface area (Å²) in [6, 6.07) is 3.73. The second-order valence-electron chi connectivity index (χ2n) is 4.70. The molecule has 2 rings (SSSR count). The van der Waals surface area contributed by atoms with Gasteiger partial charge in [-0.3, -0.25) is 0 Å². The van der Waals surface area contributed by atoms with Gasteiger partial charge in [0.05, 0.1) is 10.6 Å². The highest BCUT2D eigenvalue weighted by atomic mass is 32.2. The highest BCUT2D eigenvalue weighted by molar-refractivity contribution is 7.89. The number of sulfonamides is 1. The Morgan fingerprint density at radius 1 is 1.39 bits per heavy atom. The zero-order valence-corrected chi connectivity index (χ0v) is 10.6. The van der Waals surface area contributed by atoms with Crippen LogP contribution in [0.5, 0.6) is 5.75 Å². The van der Waals surface area contributed by atoms with Gasteiger partial charge in [-0.1, -0.05) is 0 Å². The first-order valence-electron chi connectivity index (χ1n) is 5.58. The summed E-state index contributed by atoms with van der Waals surface area (Å²) < 4.78 is 26.4. The summed E-state index contributed by atoms with van der Waals surface area (Å²) in [4.78, 5) is 0.00606. The number of hydrogen-bond donors (Lipinski definition) is 4. The second kappa shape index (κ2) is 4.42. The summed E-state index contributed by atoms with van der Waals surface area (Å²) in [5, 5.41) is 18.4. The summed E-state index contributed by atoms with van der Waals surface area (Å²) >= 11 is 0. The average molecular weight is 272 g/mol. The predicted molar refractivity (Wildman–Crippen MR) is 66.5 cm³/mol. The molecular formula is C11H16N2O4S. The van der Waals surface area contributed by atoms with Crippen molar-refractivity contribution in [2.24, 2.45) is 5.41 Å². The van der Waals surface area contributed by atoms with Gasteiger partial charge in [-0.15, -0.1) is 0 Å². The first-order chi connectivity index (χ1) is 8.38. The number of phenolic OH excluding ortho intramolecular Hbond substituents is 1. The monoisotopic (exact) mass is 272 g/mol. The van der Waals surface area contributed by atoms with Crippen LogP contribution in [0.25, 0.3) is 0 Å². The number of benzene rings is 1. The number of rotatable bonds is 5. The van der Waals surface area contributed by atoms with Gasteiger partial charge in [0.25, 0.3) is 0 Å². The lowest BCUT2D eigenvalue weighted by atomic mass is 10.1. The van der Waals surface area contributed by atoms with E-state index in [4.69, 9.17) is 10.8 Å². The van der Waals surface area contributed by atoms with Gasteiger partial charge in [0.15, 0.2) is 0 Å². The van der Waals surface area contributed by atoms with Crippen molar-refractivity contribution >= 4 is 15.7 Å². The Labute approximate surface area is 105 Å². The van der Waals surface area contributed by atoms with Gasteiger partial charge in [0.1, 0.15) is 5.75 Å². The molecule has 0 bridgehead atoms. The summed E-state index contributed by atoms with van der Waals surface area (Å²) in [6.07, 6.45) is 1.65. The summed E-state index contributed by atoms with van der Waals surface area (Å²) in [7, 11) is -3.66. The van der Waals surface area contributed by atoms with Crippen LogP contribution < -0.4 is 10.5 Å². The number of hydrogen-bond acceptors (Lipinski definition) is 5. The molecule has 0 heterocycles. The predicted octanol–water partition coefficient (Wildman–Crippen LogP) is 0.0252. The maximum Gasteiger partial charge on any atom is 0.240 e. The van der Waals surface area contributed by atoms with Crippen molar-refractivity contribution in [1.82, 2.24) is 4.72 Å². The van der Waals surface area contributed by atoms with Gasteiger partial charge in [0, 0.05) is 18.6 Å². The van der Waals surface area contributed by atoms with E-state index in [2.05, 4.69) is 4.72 Å². The van der Waals surface area contributed by atoms with Crippen molar-refractivity contribution in [3.8, 4) is 5.75 Å². The van der Waals surface area contributed by atoms with Crippen molar-refractivity contribution in [2.75, 3.05) is 18.9 Å². The quantitative estimate of drug-likeness (QED) is 0.446. The third kappa shape index (κ3) is 2.58. The van der Waals surface area contributed by atoms with Gasteiger partial charge in [-0.05, 0) is 31.0 Å². The zero-order chi connectivity index (χ0) is 13.4. The Bertz CT molecular complexity index is 552. The standard InChI is InChI=1S/C11H16N2O4S/c12-9-5-8(1-2-10(9)15)18(16,17)13-6-11(7-14)3-4-11/h1-2,5,13-15H,3-4,6-7,12H2. The smallest absolute Gasteiger partial charge is 0.240 e. The fourth-order valence-corrected chi connectivity index (χ4v) is 2.79. The molecule has 0 amide bonds. The minimum absolute atomic E-state index is 0.00606. The maximum atomic E-state index is 12.0. The van der Waals surface area contributed by atoms with Crippen LogP contribution in [-0.2, 0) is 10.0 Å². The molecule has 0 radical (unpaired) electrons. The Kier molecular flexibility index (Phi) is 3.22. The van der Waals surface area contributed by atoms with Crippen LogP contribution in [0.15, 0.2) is 23.1 Å². The van der Waals surface area contributed by atoms with Gasteiger partial charge in [0.2, 0.25) is 10.0 Å². The molecular weight excluding hydrogens is 256 g/mol. The number of aliphatic hydroxyl groups is 1. The Hall–Kier alpha value is -1.31. The molecule has 0 aromatic heterocycles. The van der Waals surface area contributed by atoms with E-state index in [0.717, 1.165) is 12.8 Å². The van der Waals surface area contributed by atoms with E-state index < -0.39 is 10.0 Å². The van der Waals surface area contributed by atoms with Crippen molar-refractivity contribution in [3.63, 3.8) is 0 Å². The lowest BCUT2D eigenvalue weighted by Gasteiger charge is -2.13. The summed E-state index contributed by atoms with van der Waals surface area (Å²) in [5.41, 5.74) is 5.17. The maximum absolute atomic E-state index is 12.0. The Balaban J connectivity index is 2.13. The van der Waals surface area contributed by atoms with Crippen LogP contribution in [0.4, 0.5) is 5.69 Å². The van der Waals surface area contributed by atoms with Crippen molar-refractivity contribution in [2.45, 2.75) is 17.7 Å². The summed E-state index contributed by atoms with van der Waals surface area (Å²) in [5.74, 6) is -0.150. The highest BCUT2D eigenvalue weighted by Crippen LogP contribution is 2.44. The Morgan fingerprint density at radius 2 is 2.06 bits per heavy atom. The van der Waals surface area contributed by atoms with Crippen molar-refractivity contribution in [3.05, 3.63) is 18.2 Å². The number of phenols is 1. The normalized spacial score (nSPS) is 17.6. The van der Waals surface area contributed by atoms with Gasteiger partial charge in [-0.25, -0.2) is 13.1 Å². The van der Waals surface area contributed by atoms with E-state index in [1.54, 1.807) is 0 Å². The molecule has 1 aromatic carbocycles. The fourth-order valence-electron chi connectivity index (χ4n) is 1.60. The molecule has 0 spiro atoms. The van der Waals surface area contributed by atoms with Crippen molar-refractivity contribution in [1.29, 1.82) is 0 Å². The van der Waals surface area contributed by atoms with Crippen molar-refractivity contribution < 1.29 is 18.6 Å². The topological polar surface area (TPSA) is 113 Å². The lowest BCUT2D eigenvalue weighted by Crippen LogP contribution is -2.31. The molecule has 0 unspecified atom stereocenters. The zero-order valence-electron chi connectivity index (χ0n) is 9.76. The molecule has 5 N–H and O–H groups in total. The molecule has 1 aliphatic carbocycles. The highest BCUT2D eigenvalue weighted by Gasteiger charge is 2.42. The van der Waals surface area contributed by atoms with E-state index >= 15 is 0 Å². The molecule has 0 saturated heterocycles. The lowest BCUT2D eigenvalue weighted by molar-refractivity contribution is 0.213. The number of nitrogens with one attached hydrogen (secondary N) is 1. The molecule has 1 aliphatic rings. The van der Waals surface area contributed by atoms with Crippen LogP contribution in [0.3, 0.4) is 0 Å². The number of aromatic hydroxyl groups is 1. The molecule has 100 valence electrons. The Morgan fingerprint density at radius 3 is 2.56 bits per heavy atom. The van der Waals surface area contributed by atoms with Gasteiger partial charge in [-0.2, -0.15) is 0 Å². The van der Waals surface area contributed by atoms with Crippen LogP contribution in [0.1, 0.15) is 12.8 Å². The molecule has 7 heteroatoms. The first kappa shape index (κ1) is 13.1. The van der Waals surface area contributed by atoms with E-state index in [1.165, 1.54) is 18.2 Å². The average Bonchev–Trinajstić information content (AvgIpc) is 3.11. The number of nitrogen functional groups attached to an aromatic ring is 1. The molecule has 1 aromatic rings. The van der Waals surface area contributed by atoms with E-state index in [9.17, 15) is 13.5 Å². The van der Waals surface area contributed by atoms with E-state index in [1.807, 2.05) is 0 Å². The second-order valence-corrected chi connectivity index (χ2v) is 6.47. The van der Waals surface area contributed by atoms with E-state index in [-0.39, 0.29) is 34.9 Å². The van der Waals surface area contributed by atoms with Gasteiger partial charge < -0.3 is 15.9 Å². The third-order valence-electron chi connectivity index (χ3n) is 3.24. The van der Waals surface area contributed by atoms with Crippen LogP contribution in [0, 0.1) is 5.41 Å². The molecule has 0 aliphatic heterocycles. The van der Waals surface area contributed by atoms with Crippen LogP contribution >= 0.6 is 0 Å². The molecule has 1 fully saturated rings. The van der Waals surface area contributed by atoms with Gasteiger partial charge >= 0.3 is 0 Å². The van der Waals surface area contributed by atoms with E-state index in [0.29, 0.717) is 0 Å². The minimum Gasteiger partial charge on any atom is -0.506 e. The molecule has 1 saturated carbocycles. The molecule has 0 atom stereocenters. The number of aliphatic hydroxyl groups excluding tert-OH is 1. The first-order valence-corrected chi connectivity index (χ1v) is 7.06. The largest absolute Gasteiger partial charge is 0.506 e. The minimum atomic E-state index is -3.66. The third-order valence-corrected chi connectivity index (χ3v) is 4.64. The van der Waals surface area contributed by atoms with Crippen LogP contribution in [-0.4, -0.2) is 31.8 Å². The number of nitrogens with two attached hydrogens (primary N) is 1.